The first-order valence-electron chi connectivity index (χ1n) is 6.88. The van der Waals surface area contributed by atoms with Gasteiger partial charge in [-0.1, -0.05) is 17.3 Å². The van der Waals surface area contributed by atoms with E-state index in [1.54, 1.807) is 17.7 Å². The lowest BCUT2D eigenvalue weighted by atomic mass is 10.1. The normalized spacial score (nSPS) is 15.5. The topological polar surface area (TPSA) is 55.1 Å². The molecule has 0 atom stereocenters. The van der Waals surface area contributed by atoms with Crippen molar-refractivity contribution in [3.63, 3.8) is 0 Å². The van der Waals surface area contributed by atoms with E-state index < -0.39 is 0 Å². The zero-order chi connectivity index (χ0) is 14.2. The lowest BCUT2D eigenvalue weighted by Gasteiger charge is -2.27. The van der Waals surface area contributed by atoms with E-state index in [1.807, 2.05) is 6.92 Å². The Balaban J connectivity index is 1.67. The third-order valence-electron chi connectivity index (χ3n) is 3.77. The highest BCUT2D eigenvalue weighted by atomic mass is 32.1. The second kappa shape index (κ2) is 4.96. The summed E-state index contributed by atoms with van der Waals surface area (Å²) in [6.45, 7) is 3.72. The van der Waals surface area contributed by atoms with Gasteiger partial charge in [0.15, 0.2) is 0 Å². The minimum absolute atomic E-state index is 0.561. The number of rotatable bonds is 2. The molecule has 1 aliphatic rings. The van der Waals surface area contributed by atoms with Crippen LogP contribution in [0.1, 0.15) is 17.0 Å². The summed E-state index contributed by atoms with van der Waals surface area (Å²) in [5, 5.41) is 7.03. The fourth-order valence-electron chi connectivity index (χ4n) is 2.69. The molecule has 0 aromatic carbocycles. The summed E-state index contributed by atoms with van der Waals surface area (Å²) in [4.78, 5) is 12.2. The van der Waals surface area contributed by atoms with Crippen LogP contribution in [0, 0.1) is 6.92 Å². The monoisotopic (exact) mass is 298 g/mol. The van der Waals surface area contributed by atoms with Crippen molar-refractivity contribution in [3.8, 4) is 0 Å². The average molecular weight is 298 g/mol. The minimum atomic E-state index is 0.561. The average Bonchev–Trinajstić information content (AvgIpc) is 3.18. The molecule has 0 amide bonds. The fourth-order valence-corrected chi connectivity index (χ4v) is 3.49. The van der Waals surface area contributed by atoms with Crippen LogP contribution in [0.5, 0.6) is 0 Å². The van der Waals surface area contributed by atoms with Crippen LogP contribution in [0.4, 0.5) is 5.82 Å². The van der Waals surface area contributed by atoms with Crippen LogP contribution in [0.2, 0.25) is 0 Å². The predicted octanol–water partition coefficient (Wildman–Crippen LogP) is 3.28. The van der Waals surface area contributed by atoms with Crippen LogP contribution in [0.25, 0.3) is 16.7 Å². The molecule has 0 saturated heterocycles. The van der Waals surface area contributed by atoms with Gasteiger partial charge in [0.25, 0.3) is 5.71 Å². The molecule has 0 bridgehead atoms. The largest absolute Gasteiger partial charge is 0.352 e. The molecule has 0 fully saturated rings. The molecule has 0 unspecified atom stereocenters. The fraction of sp³-hybridized carbons (Fsp3) is 0.267. The third-order valence-corrected chi connectivity index (χ3v) is 4.72. The molecule has 3 aromatic heterocycles. The zero-order valence-corrected chi connectivity index (χ0v) is 12.4. The summed E-state index contributed by atoms with van der Waals surface area (Å²) in [7, 11) is 0. The smallest absolute Gasteiger partial charge is 0.263 e. The van der Waals surface area contributed by atoms with Crippen molar-refractivity contribution >= 4 is 33.8 Å². The Bertz CT molecular complexity index is 806. The summed E-state index contributed by atoms with van der Waals surface area (Å²) in [6.07, 6.45) is 4.85. The maximum Gasteiger partial charge on any atom is 0.263 e. The molecule has 1 aliphatic heterocycles. The summed E-state index contributed by atoms with van der Waals surface area (Å²) >= 11 is 1.80. The Kier molecular flexibility index (Phi) is 2.96. The van der Waals surface area contributed by atoms with Gasteiger partial charge in [0.2, 0.25) is 0 Å². The Labute approximate surface area is 125 Å². The molecular weight excluding hydrogens is 284 g/mol. The van der Waals surface area contributed by atoms with E-state index in [0.29, 0.717) is 5.71 Å². The first kappa shape index (κ1) is 12.5. The predicted molar refractivity (Wildman–Crippen MR) is 83.5 cm³/mol. The summed E-state index contributed by atoms with van der Waals surface area (Å²) in [6, 6.07) is 4.28. The number of aromatic nitrogens is 3. The molecule has 0 N–H and O–H groups in total. The summed E-state index contributed by atoms with van der Waals surface area (Å²) < 4.78 is 5.22. The SMILES string of the molecule is Cc1noc2ncnc(N3CC=C(c4cccs4)CC3)c12. The summed E-state index contributed by atoms with van der Waals surface area (Å²) in [5.41, 5.74) is 2.83. The van der Waals surface area contributed by atoms with E-state index in [4.69, 9.17) is 4.52 Å². The van der Waals surface area contributed by atoms with Crippen LogP contribution in [0.15, 0.2) is 34.4 Å². The van der Waals surface area contributed by atoms with Gasteiger partial charge in [-0.05, 0) is 30.4 Å². The van der Waals surface area contributed by atoms with Gasteiger partial charge in [0.05, 0.1) is 5.69 Å². The molecule has 5 nitrogen and oxygen atoms in total. The van der Waals surface area contributed by atoms with Crippen molar-refractivity contribution in [1.29, 1.82) is 0 Å². The number of anilines is 1. The molecule has 0 saturated carbocycles. The van der Waals surface area contributed by atoms with E-state index in [9.17, 15) is 0 Å². The van der Waals surface area contributed by atoms with Crippen molar-refractivity contribution < 1.29 is 4.52 Å². The Morgan fingerprint density at radius 1 is 1.33 bits per heavy atom. The highest BCUT2D eigenvalue weighted by molar-refractivity contribution is 7.11. The molecule has 0 radical (unpaired) electrons. The van der Waals surface area contributed by atoms with Crippen LogP contribution in [-0.4, -0.2) is 28.2 Å². The molecule has 4 heterocycles. The first-order chi connectivity index (χ1) is 10.3. The highest BCUT2D eigenvalue weighted by Crippen LogP contribution is 2.31. The standard InChI is InChI=1S/C15H14N4OS/c1-10-13-14(16-9-17-15(13)20-18-10)19-6-4-11(5-7-19)12-3-2-8-21-12/h2-4,8-9H,5-7H2,1H3. The van der Waals surface area contributed by atoms with Crippen molar-refractivity contribution in [1.82, 2.24) is 15.1 Å². The number of thiophene rings is 1. The minimum Gasteiger partial charge on any atom is -0.352 e. The molecular formula is C15H14N4OS. The van der Waals surface area contributed by atoms with Gasteiger partial charge in [0.1, 0.15) is 17.5 Å². The molecule has 4 rings (SSSR count). The van der Waals surface area contributed by atoms with Gasteiger partial charge in [-0.25, -0.2) is 4.98 Å². The van der Waals surface area contributed by atoms with E-state index in [1.165, 1.54) is 10.5 Å². The quantitative estimate of drug-likeness (QED) is 0.726. The van der Waals surface area contributed by atoms with Crippen LogP contribution < -0.4 is 4.90 Å². The van der Waals surface area contributed by atoms with E-state index >= 15 is 0 Å². The van der Waals surface area contributed by atoms with Gasteiger partial charge in [-0.2, -0.15) is 4.98 Å². The van der Waals surface area contributed by atoms with Crippen molar-refractivity contribution in [2.45, 2.75) is 13.3 Å². The van der Waals surface area contributed by atoms with Crippen molar-refractivity contribution in [3.05, 3.63) is 40.5 Å². The Hall–Kier alpha value is -2.21. The molecule has 106 valence electrons. The molecule has 3 aromatic rings. The number of hydrogen-bond donors (Lipinski definition) is 0. The first-order valence-corrected chi connectivity index (χ1v) is 7.76. The number of fused-ring (bicyclic) bond motifs is 1. The number of nitrogens with zero attached hydrogens (tertiary/aromatic N) is 4. The second-order valence-corrected chi connectivity index (χ2v) is 6.00. The highest BCUT2D eigenvalue weighted by Gasteiger charge is 2.20. The number of aryl methyl sites for hydroxylation is 1. The maximum absolute atomic E-state index is 5.22. The summed E-state index contributed by atoms with van der Waals surface area (Å²) in [5.74, 6) is 0.917. The van der Waals surface area contributed by atoms with Gasteiger partial charge < -0.3 is 9.42 Å². The molecule has 21 heavy (non-hydrogen) atoms. The van der Waals surface area contributed by atoms with Crippen LogP contribution in [-0.2, 0) is 0 Å². The van der Waals surface area contributed by atoms with E-state index in [0.717, 1.165) is 36.4 Å². The maximum atomic E-state index is 5.22. The van der Waals surface area contributed by atoms with Gasteiger partial charge in [0, 0.05) is 18.0 Å². The van der Waals surface area contributed by atoms with Gasteiger partial charge >= 0.3 is 0 Å². The van der Waals surface area contributed by atoms with E-state index in [-0.39, 0.29) is 0 Å². The molecule has 0 spiro atoms. The lowest BCUT2D eigenvalue weighted by Crippen LogP contribution is -2.29. The second-order valence-electron chi connectivity index (χ2n) is 5.05. The van der Waals surface area contributed by atoms with Gasteiger partial charge in [-0.3, -0.25) is 0 Å². The van der Waals surface area contributed by atoms with Crippen LogP contribution in [0.3, 0.4) is 0 Å². The zero-order valence-electron chi connectivity index (χ0n) is 11.6. The molecule has 6 heteroatoms. The van der Waals surface area contributed by atoms with Crippen molar-refractivity contribution in [2.75, 3.05) is 18.0 Å². The van der Waals surface area contributed by atoms with Crippen molar-refractivity contribution in [2.24, 2.45) is 0 Å². The van der Waals surface area contributed by atoms with Gasteiger partial charge in [-0.15, -0.1) is 11.3 Å². The Morgan fingerprint density at radius 3 is 3.05 bits per heavy atom. The third kappa shape index (κ3) is 2.12. The number of hydrogen-bond acceptors (Lipinski definition) is 6. The van der Waals surface area contributed by atoms with E-state index in [2.05, 4.69) is 43.6 Å². The van der Waals surface area contributed by atoms with Crippen LogP contribution >= 0.6 is 11.3 Å². The lowest BCUT2D eigenvalue weighted by molar-refractivity contribution is 0.442. The Morgan fingerprint density at radius 2 is 2.29 bits per heavy atom. The molecule has 0 aliphatic carbocycles.